The predicted octanol–water partition coefficient (Wildman–Crippen LogP) is 2.38. The van der Waals surface area contributed by atoms with Gasteiger partial charge in [-0.2, -0.15) is 0 Å². The lowest BCUT2D eigenvalue weighted by Crippen LogP contribution is -2.09. The molecule has 2 aromatic rings. The average Bonchev–Trinajstić information content (AvgIpc) is 2.39. The van der Waals surface area contributed by atoms with Gasteiger partial charge in [0.1, 0.15) is 5.82 Å². The molecular formula is C13H11FN2O2. The topological polar surface area (TPSA) is 52.1 Å². The molecule has 0 bridgehead atoms. The Morgan fingerprint density at radius 2 is 2.06 bits per heavy atom. The number of nitrogens with zero attached hydrogens (tertiary/aromatic N) is 2. The van der Waals surface area contributed by atoms with Crippen molar-refractivity contribution in [3.05, 3.63) is 47.7 Å². The number of carbonyl (C=O) groups is 1. The van der Waals surface area contributed by atoms with E-state index in [1.54, 1.807) is 25.1 Å². The second kappa shape index (κ2) is 4.91. The number of carbonyl (C=O) groups excluding carboxylic acids is 1. The van der Waals surface area contributed by atoms with Crippen LogP contribution in [0.15, 0.2) is 30.5 Å². The zero-order chi connectivity index (χ0) is 13.1. The molecule has 2 rings (SSSR count). The van der Waals surface area contributed by atoms with E-state index in [0.717, 1.165) is 0 Å². The highest BCUT2D eigenvalue weighted by molar-refractivity contribution is 5.85. The zero-order valence-corrected chi connectivity index (χ0v) is 9.98. The van der Waals surface area contributed by atoms with Crippen molar-refractivity contribution in [3.63, 3.8) is 0 Å². The minimum absolute atomic E-state index is 0.0821. The molecule has 0 aliphatic rings. The van der Waals surface area contributed by atoms with E-state index >= 15 is 0 Å². The Morgan fingerprint density at radius 3 is 2.72 bits per heavy atom. The minimum atomic E-state index is -0.646. The first kappa shape index (κ1) is 12.2. The van der Waals surface area contributed by atoms with Gasteiger partial charge >= 0.3 is 5.97 Å². The lowest BCUT2D eigenvalue weighted by molar-refractivity contribution is 0.0587. The van der Waals surface area contributed by atoms with Crippen LogP contribution in [-0.2, 0) is 4.74 Å². The van der Waals surface area contributed by atoms with Crippen LogP contribution in [0.3, 0.4) is 0 Å². The summed E-state index contributed by atoms with van der Waals surface area (Å²) in [6.45, 7) is 1.75. The van der Waals surface area contributed by atoms with E-state index in [2.05, 4.69) is 14.7 Å². The van der Waals surface area contributed by atoms with Crippen LogP contribution in [0.2, 0.25) is 0 Å². The summed E-state index contributed by atoms with van der Waals surface area (Å²) in [5.74, 6) is -1.12. The Morgan fingerprint density at radius 1 is 1.33 bits per heavy atom. The summed E-state index contributed by atoms with van der Waals surface area (Å²) in [5.41, 5.74) is 1.42. The minimum Gasteiger partial charge on any atom is -0.463 e. The SMILES string of the molecule is COC(=O)c1ncc(C)c(-c2ccccc2F)n1. The van der Waals surface area contributed by atoms with E-state index in [9.17, 15) is 9.18 Å². The average molecular weight is 246 g/mol. The number of aryl methyl sites for hydroxylation is 1. The van der Waals surface area contributed by atoms with Crippen molar-refractivity contribution < 1.29 is 13.9 Å². The molecule has 0 spiro atoms. The molecule has 4 nitrogen and oxygen atoms in total. The summed E-state index contributed by atoms with van der Waals surface area (Å²) >= 11 is 0. The second-order valence-electron chi connectivity index (χ2n) is 3.70. The summed E-state index contributed by atoms with van der Waals surface area (Å²) in [4.78, 5) is 19.3. The summed E-state index contributed by atoms with van der Waals surface area (Å²) in [5, 5.41) is 0. The van der Waals surface area contributed by atoms with Crippen LogP contribution < -0.4 is 0 Å². The van der Waals surface area contributed by atoms with Crippen LogP contribution in [0.4, 0.5) is 4.39 Å². The number of benzene rings is 1. The molecule has 1 aromatic heterocycles. The van der Waals surface area contributed by atoms with E-state index in [4.69, 9.17) is 0 Å². The first-order valence-corrected chi connectivity index (χ1v) is 5.30. The largest absolute Gasteiger partial charge is 0.463 e. The Bertz CT molecular complexity index is 599. The number of aromatic nitrogens is 2. The number of esters is 1. The molecule has 1 heterocycles. The molecule has 92 valence electrons. The molecule has 0 N–H and O–H groups in total. The number of hydrogen-bond donors (Lipinski definition) is 0. The van der Waals surface area contributed by atoms with Crippen molar-refractivity contribution in [1.29, 1.82) is 0 Å². The van der Waals surface area contributed by atoms with Crippen LogP contribution >= 0.6 is 0 Å². The normalized spacial score (nSPS) is 10.2. The zero-order valence-electron chi connectivity index (χ0n) is 9.98. The van der Waals surface area contributed by atoms with Gasteiger partial charge in [-0.05, 0) is 24.6 Å². The Labute approximate surface area is 103 Å². The first-order valence-electron chi connectivity index (χ1n) is 5.30. The predicted molar refractivity (Wildman–Crippen MR) is 63.5 cm³/mol. The first-order chi connectivity index (χ1) is 8.63. The van der Waals surface area contributed by atoms with E-state index in [1.165, 1.54) is 19.4 Å². The standard InChI is InChI=1S/C13H11FN2O2/c1-8-7-15-12(13(17)18-2)16-11(8)9-5-3-4-6-10(9)14/h3-7H,1-2H3. The second-order valence-corrected chi connectivity index (χ2v) is 3.70. The van der Waals surface area contributed by atoms with Crippen LogP contribution in [-0.4, -0.2) is 23.0 Å². The highest BCUT2D eigenvalue weighted by Crippen LogP contribution is 2.23. The molecule has 0 atom stereocenters. The molecule has 5 heteroatoms. The van der Waals surface area contributed by atoms with E-state index in [0.29, 0.717) is 16.8 Å². The van der Waals surface area contributed by atoms with Gasteiger partial charge < -0.3 is 4.74 Å². The molecule has 0 unspecified atom stereocenters. The van der Waals surface area contributed by atoms with Crippen molar-refractivity contribution >= 4 is 5.97 Å². The van der Waals surface area contributed by atoms with Crippen molar-refractivity contribution in [2.45, 2.75) is 6.92 Å². The van der Waals surface area contributed by atoms with Gasteiger partial charge in [-0.3, -0.25) is 0 Å². The smallest absolute Gasteiger partial charge is 0.376 e. The molecular weight excluding hydrogens is 235 g/mol. The molecule has 0 aliphatic heterocycles. The number of halogens is 1. The van der Waals surface area contributed by atoms with Crippen molar-refractivity contribution in [3.8, 4) is 11.3 Å². The number of rotatable bonds is 2. The van der Waals surface area contributed by atoms with Gasteiger partial charge in [0.25, 0.3) is 0 Å². The number of hydrogen-bond acceptors (Lipinski definition) is 4. The molecule has 0 aliphatic carbocycles. The number of ether oxygens (including phenoxy) is 1. The summed E-state index contributed by atoms with van der Waals surface area (Å²) in [6.07, 6.45) is 1.47. The molecule has 0 radical (unpaired) electrons. The van der Waals surface area contributed by atoms with E-state index < -0.39 is 11.8 Å². The van der Waals surface area contributed by atoms with Crippen molar-refractivity contribution in [1.82, 2.24) is 9.97 Å². The van der Waals surface area contributed by atoms with Crippen molar-refractivity contribution in [2.75, 3.05) is 7.11 Å². The van der Waals surface area contributed by atoms with Gasteiger partial charge in [0.2, 0.25) is 5.82 Å². The lowest BCUT2D eigenvalue weighted by Gasteiger charge is -2.07. The molecule has 1 aromatic carbocycles. The van der Waals surface area contributed by atoms with Gasteiger partial charge in [-0.1, -0.05) is 12.1 Å². The third-order valence-electron chi connectivity index (χ3n) is 2.47. The van der Waals surface area contributed by atoms with Crippen LogP contribution in [0, 0.1) is 12.7 Å². The van der Waals surface area contributed by atoms with Crippen LogP contribution in [0.25, 0.3) is 11.3 Å². The Kier molecular flexibility index (Phi) is 3.32. The summed E-state index contributed by atoms with van der Waals surface area (Å²) in [7, 11) is 1.24. The highest BCUT2D eigenvalue weighted by Gasteiger charge is 2.14. The fourth-order valence-corrected chi connectivity index (χ4v) is 1.56. The third-order valence-corrected chi connectivity index (χ3v) is 2.47. The number of methoxy groups -OCH3 is 1. The fourth-order valence-electron chi connectivity index (χ4n) is 1.56. The summed E-state index contributed by atoms with van der Waals surface area (Å²) < 4.78 is 18.2. The molecule has 18 heavy (non-hydrogen) atoms. The van der Waals surface area contributed by atoms with E-state index in [-0.39, 0.29) is 5.82 Å². The van der Waals surface area contributed by atoms with Crippen molar-refractivity contribution in [2.24, 2.45) is 0 Å². The maximum absolute atomic E-state index is 13.7. The molecule has 0 saturated carbocycles. The molecule has 0 saturated heterocycles. The van der Waals surface area contributed by atoms with Gasteiger partial charge in [0, 0.05) is 11.8 Å². The molecule has 0 fully saturated rings. The third kappa shape index (κ3) is 2.20. The maximum Gasteiger partial charge on any atom is 0.376 e. The van der Waals surface area contributed by atoms with Crippen LogP contribution in [0.5, 0.6) is 0 Å². The van der Waals surface area contributed by atoms with E-state index in [1.807, 2.05) is 0 Å². The van der Waals surface area contributed by atoms with Gasteiger partial charge in [-0.25, -0.2) is 19.2 Å². The Hall–Kier alpha value is -2.30. The fraction of sp³-hybridized carbons (Fsp3) is 0.154. The highest BCUT2D eigenvalue weighted by atomic mass is 19.1. The molecule has 0 amide bonds. The quantitative estimate of drug-likeness (QED) is 0.763. The Balaban J connectivity index is 2.57. The van der Waals surface area contributed by atoms with Gasteiger partial charge in [0.15, 0.2) is 0 Å². The van der Waals surface area contributed by atoms with Crippen LogP contribution in [0.1, 0.15) is 16.2 Å². The lowest BCUT2D eigenvalue weighted by atomic mass is 10.1. The summed E-state index contributed by atoms with van der Waals surface area (Å²) in [6, 6.07) is 6.24. The maximum atomic E-state index is 13.7. The monoisotopic (exact) mass is 246 g/mol. The van der Waals surface area contributed by atoms with Gasteiger partial charge in [0.05, 0.1) is 12.8 Å². The van der Waals surface area contributed by atoms with Gasteiger partial charge in [-0.15, -0.1) is 0 Å².